The first-order valence-corrected chi connectivity index (χ1v) is 10.0. The zero-order chi connectivity index (χ0) is 17.2. The highest BCUT2D eigenvalue weighted by atomic mass is 16.4. The summed E-state index contributed by atoms with van der Waals surface area (Å²) in [7, 11) is 0. The van der Waals surface area contributed by atoms with Crippen molar-refractivity contribution in [3.8, 4) is 0 Å². The molecule has 0 heterocycles. The first kappa shape index (κ1) is 22.2. The number of aliphatic carboxylic acids is 1. The van der Waals surface area contributed by atoms with Crippen LogP contribution in [0.4, 0.5) is 0 Å². The molecule has 0 saturated heterocycles. The van der Waals surface area contributed by atoms with Crippen LogP contribution in [-0.4, -0.2) is 11.1 Å². The number of allylic oxidation sites excluding steroid dienone is 2. The maximum Gasteiger partial charge on any atom is 0.303 e. The van der Waals surface area contributed by atoms with Gasteiger partial charge in [0.15, 0.2) is 0 Å². The van der Waals surface area contributed by atoms with E-state index in [2.05, 4.69) is 19.9 Å². The summed E-state index contributed by atoms with van der Waals surface area (Å²) in [6.45, 7) is 4.54. The molecule has 0 bridgehead atoms. The molecule has 0 aliphatic carbocycles. The van der Waals surface area contributed by atoms with E-state index >= 15 is 0 Å². The first-order valence-electron chi connectivity index (χ1n) is 10.0. The molecule has 2 heteroatoms. The Labute approximate surface area is 144 Å². The third kappa shape index (κ3) is 19.2. The molecule has 0 aromatic heterocycles. The molecule has 0 aliphatic heterocycles. The smallest absolute Gasteiger partial charge is 0.303 e. The number of carboxylic acid groups (broad SMARTS) is 1. The zero-order valence-electron chi connectivity index (χ0n) is 15.7. The molecule has 0 fully saturated rings. The van der Waals surface area contributed by atoms with E-state index in [4.69, 9.17) is 5.11 Å². The van der Waals surface area contributed by atoms with E-state index in [0.29, 0.717) is 6.42 Å². The largest absolute Gasteiger partial charge is 0.481 e. The number of rotatable bonds is 17. The minimum atomic E-state index is -0.662. The summed E-state index contributed by atoms with van der Waals surface area (Å²) in [5, 5.41) is 8.56. The van der Waals surface area contributed by atoms with Crippen LogP contribution < -0.4 is 0 Å². The second kappa shape index (κ2) is 17.6. The molecule has 136 valence electrons. The average Bonchev–Trinajstić information content (AvgIpc) is 2.52. The fourth-order valence-corrected chi connectivity index (χ4v) is 2.94. The molecule has 0 atom stereocenters. The van der Waals surface area contributed by atoms with Crippen LogP contribution in [0.25, 0.3) is 0 Å². The van der Waals surface area contributed by atoms with Crippen molar-refractivity contribution < 1.29 is 9.90 Å². The van der Waals surface area contributed by atoms with Gasteiger partial charge in [-0.1, -0.05) is 82.8 Å². The van der Waals surface area contributed by atoms with Crippen LogP contribution in [0.1, 0.15) is 117 Å². The summed E-state index contributed by atoms with van der Waals surface area (Å²) in [5.74, 6) is -0.662. The molecule has 0 radical (unpaired) electrons. The maximum absolute atomic E-state index is 10.4. The van der Waals surface area contributed by atoms with Gasteiger partial charge in [0, 0.05) is 6.42 Å². The first-order chi connectivity index (χ1) is 11.2. The van der Waals surface area contributed by atoms with E-state index in [1.807, 2.05) is 0 Å². The van der Waals surface area contributed by atoms with Crippen molar-refractivity contribution in [2.45, 2.75) is 117 Å². The lowest BCUT2D eigenvalue weighted by molar-refractivity contribution is -0.137. The molecule has 0 rings (SSSR count). The van der Waals surface area contributed by atoms with Gasteiger partial charge in [0.1, 0.15) is 0 Å². The summed E-state index contributed by atoms with van der Waals surface area (Å²) in [4.78, 5) is 10.4. The number of hydrogen-bond acceptors (Lipinski definition) is 1. The molecule has 23 heavy (non-hydrogen) atoms. The third-order valence-corrected chi connectivity index (χ3v) is 4.51. The van der Waals surface area contributed by atoms with Gasteiger partial charge in [-0.2, -0.15) is 0 Å². The van der Waals surface area contributed by atoms with E-state index < -0.39 is 5.97 Å². The van der Waals surface area contributed by atoms with E-state index in [1.165, 1.54) is 83.5 Å². The van der Waals surface area contributed by atoms with Crippen molar-refractivity contribution in [3.63, 3.8) is 0 Å². The Hall–Kier alpha value is -0.790. The number of unbranched alkanes of at least 4 members (excludes halogenated alkanes) is 12. The van der Waals surface area contributed by atoms with Gasteiger partial charge in [-0.15, -0.1) is 0 Å². The topological polar surface area (TPSA) is 37.3 Å². The Kier molecular flexibility index (Phi) is 17.0. The van der Waals surface area contributed by atoms with E-state index in [1.54, 1.807) is 5.57 Å². The minimum absolute atomic E-state index is 0.331. The fraction of sp³-hybridized carbons (Fsp3) is 0.857. The van der Waals surface area contributed by atoms with Crippen molar-refractivity contribution in [3.05, 3.63) is 11.6 Å². The highest BCUT2D eigenvalue weighted by Gasteiger charge is 1.97. The van der Waals surface area contributed by atoms with Crippen molar-refractivity contribution >= 4 is 5.97 Å². The van der Waals surface area contributed by atoms with Gasteiger partial charge in [-0.05, 0) is 39.0 Å². The fourth-order valence-electron chi connectivity index (χ4n) is 2.94. The van der Waals surface area contributed by atoms with Gasteiger partial charge in [0.2, 0.25) is 0 Å². The molecule has 0 aromatic carbocycles. The van der Waals surface area contributed by atoms with Crippen molar-refractivity contribution in [1.82, 2.24) is 0 Å². The molecule has 0 saturated carbocycles. The lowest BCUT2D eigenvalue weighted by atomic mass is 10.0. The Morgan fingerprint density at radius 2 is 1.22 bits per heavy atom. The number of carbonyl (C=O) groups is 1. The molecular formula is C21H40O2. The standard InChI is InChI=1S/C21H40O2/c1-3-4-5-6-7-8-11-14-17-20(2)18-15-12-9-10-13-16-19-21(22)23/h18H,3-17,19H2,1-2H3,(H,22,23)/b20-18-. The summed E-state index contributed by atoms with van der Waals surface area (Å²) >= 11 is 0. The van der Waals surface area contributed by atoms with Gasteiger partial charge in [0.05, 0.1) is 0 Å². The highest BCUT2D eigenvalue weighted by molar-refractivity contribution is 5.66. The zero-order valence-corrected chi connectivity index (χ0v) is 15.7. The van der Waals surface area contributed by atoms with Crippen LogP contribution in [0, 0.1) is 0 Å². The Bertz CT molecular complexity index is 294. The number of hydrogen-bond donors (Lipinski definition) is 1. The summed E-state index contributed by atoms with van der Waals surface area (Å²) < 4.78 is 0. The third-order valence-electron chi connectivity index (χ3n) is 4.51. The van der Waals surface area contributed by atoms with Crippen molar-refractivity contribution in [1.29, 1.82) is 0 Å². The molecular weight excluding hydrogens is 284 g/mol. The monoisotopic (exact) mass is 324 g/mol. The van der Waals surface area contributed by atoms with Crippen LogP contribution in [0.5, 0.6) is 0 Å². The molecule has 2 nitrogen and oxygen atoms in total. The van der Waals surface area contributed by atoms with Gasteiger partial charge in [-0.25, -0.2) is 0 Å². The number of carboxylic acids is 1. The maximum atomic E-state index is 10.4. The van der Waals surface area contributed by atoms with Gasteiger partial charge in [0.25, 0.3) is 0 Å². The molecule has 0 aliphatic rings. The lowest BCUT2D eigenvalue weighted by Crippen LogP contribution is -1.93. The van der Waals surface area contributed by atoms with Crippen LogP contribution in [-0.2, 0) is 4.79 Å². The van der Waals surface area contributed by atoms with Crippen molar-refractivity contribution in [2.24, 2.45) is 0 Å². The van der Waals surface area contributed by atoms with E-state index in [-0.39, 0.29) is 0 Å². The van der Waals surface area contributed by atoms with E-state index in [9.17, 15) is 4.79 Å². The quantitative estimate of drug-likeness (QED) is 0.225. The lowest BCUT2D eigenvalue weighted by Gasteiger charge is -2.03. The van der Waals surface area contributed by atoms with Gasteiger partial charge in [-0.3, -0.25) is 4.79 Å². The summed E-state index contributed by atoms with van der Waals surface area (Å²) in [6.07, 6.45) is 21.9. The molecule has 1 N–H and O–H groups in total. The SMILES string of the molecule is CCCCCCCCCC/C(C)=C\CCCCCCCC(=O)O. The predicted octanol–water partition coefficient (Wildman–Crippen LogP) is 7.28. The Morgan fingerprint density at radius 3 is 1.78 bits per heavy atom. The molecule has 0 unspecified atom stereocenters. The van der Waals surface area contributed by atoms with Crippen molar-refractivity contribution in [2.75, 3.05) is 0 Å². The van der Waals surface area contributed by atoms with E-state index in [0.717, 1.165) is 12.8 Å². The predicted molar refractivity (Wildman–Crippen MR) is 101 cm³/mol. The Morgan fingerprint density at radius 1 is 0.739 bits per heavy atom. The average molecular weight is 325 g/mol. The second-order valence-electron chi connectivity index (χ2n) is 6.98. The molecule has 0 spiro atoms. The normalized spacial score (nSPS) is 11.8. The Balaban J connectivity index is 3.28. The van der Waals surface area contributed by atoms with Crippen LogP contribution in [0.2, 0.25) is 0 Å². The van der Waals surface area contributed by atoms with Crippen LogP contribution in [0.3, 0.4) is 0 Å². The highest BCUT2D eigenvalue weighted by Crippen LogP contribution is 2.14. The van der Waals surface area contributed by atoms with Gasteiger partial charge < -0.3 is 5.11 Å². The van der Waals surface area contributed by atoms with Crippen LogP contribution in [0.15, 0.2) is 11.6 Å². The summed E-state index contributed by atoms with van der Waals surface area (Å²) in [5.41, 5.74) is 1.56. The molecule has 0 amide bonds. The molecule has 0 aromatic rings. The van der Waals surface area contributed by atoms with Gasteiger partial charge >= 0.3 is 5.97 Å². The second-order valence-corrected chi connectivity index (χ2v) is 6.98. The summed E-state index contributed by atoms with van der Waals surface area (Å²) in [6, 6.07) is 0. The minimum Gasteiger partial charge on any atom is -0.481 e. The van der Waals surface area contributed by atoms with Crippen LogP contribution >= 0.6 is 0 Å².